The van der Waals surface area contributed by atoms with Gasteiger partial charge in [-0.3, -0.25) is 0 Å². The fraction of sp³-hybridized carbons (Fsp3) is 0.133. The first-order valence-electron chi connectivity index (χ1n) is 6.25. The molecule has 0 heterocycles. The summed E-state index contributed by atoms with van der Waals surface area (Å²) in [5, 5.41) is 5.59. The molecule has 0 bridgehead atoms. The normalized spacial score (nSPS) is 10.1. The van der Waals surface area contributed by atoms with E-state index in [9.17, 15) is 4.79 Å². The van der Waals surface area contributed by atoms with Crippen LogP contribution in [-0.4, -0.2) is 6.03 Å². The summed E-state index contributed by atoms with van der Waals surface area (Å²) in [4.78, 5) is 11.8. The number of hydrogen-bond donors (Lipinski definition) is 3. The first-order valence-corrected chi connectivity index (χ1v) is 7.05. The van der Waals surface area contributed by atoms with E-state index in [0.29, 0.717) is 13.1 Å². The SMILES string of the molecule is NCc1cccc(CNC(=O)Nc2cccc(Br)c2)c1. The number of anilines is 1. The van der Waals surface area contributed by atoms with Gasteiger partial charge in [0.1, 0.15) is 0 Å². The first-order chi connectivity index (χ1) is 9.67. The first kappa shape index (κ1) is 14.6. The van der Waals surface area contributed by atoms with Gasteiger partial charge in [0.2, 0.25) is 0 Å². The van der Waals surface area contributed by atoms with Crippen molar-refractivity contribution in [2.75, 3.05) is 5.32 Å². The molecule has 2 aromatic rings. The predicted octanol–water partition coefficient (Wildman–Crippen LogP) is 3.23. The largest absolute Gasteiger partial charge is 0.334 e. The van der Waals surface area contributed by atoms with Gasteiger partial charge in [0, 0.05) is 23.2 Å². The van der Waals surface area contributed by atoms with Crippen LogP contribution in [0.15, 0.2) is 53.0 Å². The molecule has 0 spiro atoms. The fourth-order valence-electron chi connectivity index (χ4n) is 1.79. The lowest BCUT2D eigenvalue weighted by Gasteiger charge is -2.08. The van der Waals surface area contributed by atoms with E-state index in [-0.39, 0.29) is 6.03 Å². The number of nitrogens with two attached hydrogens (primary N) is 1. The van der Waals surface area contributed by atoms with Gasteiger partial charge in [-0.2, -0.15) is 0 Å². The third kappa shape index (κ3) is 4.36. The second-order valence-corrected chi connectivity index (χ2v) is 5.26. The molecule has 0 fully saturated rings. The molecule has 0 atom stereocenters. The number of hydrogen-bond acceptors (Lipinski definition) is 2. The number of amides is 2. The Bertz CT molecular complexity index is 601. The monoisotopic (exact) mass is 333 g/mol. The van der Waals surface area contributed by atoms with Crippen molar-refractivity contribution in [2.24, 2.45) is 5.73 Å². The molecular weight excluding hydrogens is 318 g/mol. The Morgan fingerprint density at radius 2 is 1.85 bits per heavy atom. The summed E-state index contributed by atoms with van der Waals surface area (Å²) < 4.78 is 0.922. The van der Waals surface area contributed by atoms with E-state index in [4.69, 9.17) is 5.73 Å². The number of halogens is 1. The highest BCUT2D eigenvalue weighted by Gasteiger charge is 2.02. The molecule has 5 heteroatoms. The van der Waals surface area contributed by atoms with Crippen LogP contribution in [0.5, 0.6) is 0 Å². The Hall–Kier alpha value is -1.85. The molecule has 0 aliphatic carbocycles. The van der Waals surface area contributed by atoms with Gasteiger partial charge in [-0.05, 0) is 29.3 Å². The van der Waals surface area contributed by atoms with Crippen LogP contribution in [0.4, 0.5) is 10.5 Å². The topological polar surface area (TPSA) is 67.1 Å². The molecule has 2 aromatic carbocycles. The maximum absolute atomic E-state index is 11.8. The van der Waals surface area contributed by atoms with Crippen LogP contribution in [0.2, 0.25) is 0 Å². The standard InChI is InChI=1S/C15H16BrN3O/c16-13-5-2-6-14(8-13)19-15(20)18-10-12-4-1-3-11(7-12)9-17/h1-8H,9-10,17H2,(H2,18,19,20). The molecule has 104 valence electrons. The lowest BCUT2D eigenvalue weighted by atomic mass is 10.1. The minimum Gasteiger partial charge on any atom is -0.334 e. The van der Waals surface area contributed by atoms with Crippen LogP contribution in [0.1, 0.15) is 11.1 Å². The molecule has 4 N–H and O–H groups in total. The van der Waals surface area contributed by atoms with Crippen molar-refractivity contribution in [1.82, 2.24) is 5.32 Å². The Kier molecular flexibility index (Phi) is 5.15. The Morgan fingerprint density at radius 3 is 2.60 bits per heavy atom. The van der Waals surface area contributed by atoms with Crippen molar-refractivity contribution in [3.63, 3.8) is 0 Å². The summed E-state index contributed by atoms with van der Waals surface area (Å²) in [7, 11) is 0. The van der Waals surface area contributed by atoms with E-state index >= 15 is 0 Å². The fourth-order valence-corrected chi connectivity index (χ4v) is 2.19. The number of carbonyl (C=O) groups is 1. The Balaban J connectivity index is 1.88. The number of urea groups is 1. The van der Waals surface area contributed by atoms with E-state index < -0.39 is 0 Å². The lowest BCUT2D eigenvalue weighted by Crippen LogP contribution is -2.28. The molecule has 2 rings (SSSR count). The van der Waals surface area contributed by atoms with Crippen molar-refractivity contribution in [3.8, 4) is 0 Å². The Morgan fingerprint density at radius 1 is 1.10 bits per heavy atom. The van der Waals surface area contributed by atoms with E-state index in [1.807, 2.05) is 48.5 Å². The van der Waals surface area contributed by atoms with Gasteiger partial charge in [-0.1, -0.05) is 46.3 Å². The summed E-state index contributed by atoms with van der Waals surface area (Å²) in [5.41, 5.74) is 8.41. The predicted molar refractivity (Wildman–Crippen MR) is 84.3 cm³/mol. The zero-order valence-corrected chi connectivity index (χ0v) is 12.5. The minimum atomic E-state index is -0.235. The zero-order valence-electron chi connectivity index (χ0n) is 10.9. The molecule has 0 aliphatic rings. The van der Waals surface area contributed by atoms with Crippen LogP contribution in [0.3, 0.4) is 0 Å². The smallest absolute Gasteiger partial charge is 0.319 e. The third-order valence-corrected chi connectivity index (χ3v) is 3.26. The molecule has 0 saturated carbocycles. The summed E-state index contributed by atoms with van der Waals surface area (Å²) in [6.07, 6.45) is 0. The van der Waals surface area contributed by atoms with Crippen LogP contribution in [-0.2, 0) is 13.1 Å². The second kappa shape index (κ2) is 7.07. The van der Waals surface area contributed by atoms with E-state index in [2.05, 4.69) is 26.6 Å². The van der Waals surface area contributed by atoms with Crippen molar-refractivity contribution >= 4 is 27.6 Å². The van der Waals surface area contributed by atoms with E-state index in [1.54, 1.807) is 0 Å². The quantitative estimate of drug-likeness (QED) is 0.804. The van der Waals surface area contributed by atoms with Gasteiger partial charge in [-0.25, -0.2) is 4.79 Å². The summed E-state index contributed by atoms with van der Waals surface area (Å²) in [5.74, 6) is 0. The molecule has 0 saturated heterocycles. The van der Waals surface area contributed by atoms with Gasteiger partial charge in [0.15, 0.2) is 0 Å². The maximum Gasteiger partial charge on any atom is 0.319 e. The number of nitrogens with one attached hydrogen (secondary N) is 2. The van der Waals surface area contributed by atoms with Gasteiger partial charge in [0.25, 0.3) is 0 Å². The van der Waals surface area contributed by atoms with E-state index in [0.717, 1.165) is 21.3 Å². The molecule has 4 nitrogen and oxygen atoms in total. The van der Waals surface area contributed by atoms with Gasteiger partial charge in [0.05, 0.1) is 0 Å². The molecule has 2 amide bonds. The van der Waals surface area contributed by atoms with Crippen molar-refractivity contribution in [3.05, 3.63) is 64.1 Å². The molecule has 20 heavy (non-hydrogen) atoms. The zero-order chi connectivity index (χ0) is 14.4. The summed E-state index contributed by atoms with van der Waals surface area (Å²) in [6.45, 7) is 0.964. The molecule has 0 radical (unpaired) electrons. The highest BCUT2D eigenvalue weighted by molar-refractivity contribution is 9.10. The van der Waals surface area contributed by atoms with Gasteiger partial charge >= 0.3 is 6.03 Å². The van der Waals surface area contributed by atoms with Gasteiger partial charge in [-0.15, -0.1) is 0 Å². The average molecular weight is 334 g/mol. The molecular formula is C15H16BrN3O. The summed E-state index contributed by atoms with van der Waals surface area (Å²) >= 11 is 3.36. The highest BCUT2D eigenvalue weighted by Crippen LogP contribution is 2.15. The lowest BCUT2D eigenvalue weighted by molar-refractivity contribution is 0.251. The van der Waals surface area contributed by atoms with E-state index in [1.165, 1.54) is 0 Å². The van der Waals surface area contributed by atoms with Crippen LogP contribution < -0.4 is 16.4 Å². The molecule has 0 aromatic heterocycles. The van der Waals surface area contributed by atoms with Crippen LogP contribution in [0, 0.1) is 0 Å². The second-order valence-electron chi connectivity index (χ2n) is 4.34. The molecule has 0 unspecified atom stereocenters. The van der Waals surface area contributed by atoms with Crippen molar-refractivity contribution in [1.29, 1.82) is 0 Å². The highest BCUT2D eigenvalue weighted by atomic mass is 79.9. The maximum atomic E-state index is 11.8. The van der Waals surface area contributed by atoms with Crippen molar-refractivity contribution < 1.29 is 4.79 Å². The van der Waals surface area contributed by atoms with Crippen LogP contribution in [0.25, 0.3) is 0 Å². The minimum absolute atomic E-state index is 0.235. The number of benzene rings is 2. The average Bonchev–Trinajstić information content (AvgIpc) is 2.45. The van der Waals surface area contributed by atoms with Crippen LogP contribution >= 0.6 is 15.9 Å². The third-order valence-electron chi connectivity index (χ3n) is 2.76. The molecule has 0 aliphatic heterocycles. The number of carbonyl (C=O) groups excluding carboxylic acids is 1. The van der Waals surface area contributed by atoms with Gasteiger partial charge < -0.3 is 16.4 Å². The summed E-state index contributed by atoms with van der Waals surface area (Å²) in [6, 6.07) is 15.1. The van der Waals surface area contributed by atoms with Crippen molar-refractivity contribution in [2.45, 2.75) is 13.1 Å². The Labute approximate surface area is 126 Å². The number of rotatable bonds is 4.